The summed E-state index contributed by atoms with van der Waals surface area (Å²) in [4.78, 5) is 12.1. The zero-order valence-electron chi connectivity index (χ0n) is 12.7. The number of halogens is 2. The summed E-state index contributed by atoms with van der Waals surface area (Å²) in [5.41, 5.74) is 1.48. The number of amides is 1. The van der Waals surface area contributed by atoms with Crippen LogP contribution in [0.3, 0.4) is 0 Å². The highest BCUT2D eigenvalue weighted by Gasteiger charge is 2.10. The quantitative estimate of drug-likeness (QED) is 0.651. The first-order valence-corrected chi connectivity index (χ1v) is 8.88. The Bertz CT molecular complexity index is 917. The smallest absolute Gasteiger partial charge is 0.234 e. The summed E-state index contributed by atoms with van der Waals surface area (Å²) in [6.45, 7) is 1.92. The van der Waals surface area contributed by atoms with Crippen LogP contribution < -0.4 is 5.32 Å². The molecule has 1 amide bonds. The van der Waals surface area contributed by atoms with Gasteiger partial charge < -0.3 is 5.32 Å². The van der Waals surface area contributed by atoms with Crippen molar-refractivity contribution in [2.75, 3.05) is 11.1 Å². The standard InChI is InChI=1S/C17H13Cl2N3OS/c1-10-12-4-2-3-5-13(12)17(22-21-10)24-9-16(23)20-11-6-7-14(18)15(19)8-11/h2-8H,9H2,1H3,(H,20,23). The summed E-state index contributed by atoms with van der Waals surface area (Å²) in [7, 11) is 0. The Morgan fingerprint density at radius 3 is 2.58 bits per heavy atom. The lowest BCUT2D eigenvalue weighted by Gasteiger charge is -2.08. The molecular formula is C17H13Cl2N3OS. The van der Waals surface area contributed by atoms with Gasteiger partial charge in [-0.1, -0.05) is 59.2 Å². The lowest BCUT2D eigenvalue weighted by molar-refractivity contribution is -0.113. The first-order chi connectivity index (χ1) is 11.5. The molecular weight excluding hydrogens is 365 g/mol. The van der Waals surface area contributed by atoms with Crippen molar-refractivity contribution in [1.82, 2.24) is 10.2 Å². The second-order valence-electron chi connectivity index (χ2n) is 5.10. The minimum atomic E-state index is -0.148. The number of nitrogens with one attached hydrogen (secondary N) is 1. The van der Waals surface area contributed by atoms with Gasteiger partial charge in [0.05, 0.1) is 21.5 Å². The van der Waals surface area contributed by atoms with E-state index in [2.05, 4.69) is 15.5 Å². The highest BCUT2D eigenvalue weighted by atomic mass is 35.5. The van der Waals surface area contributed by atoms with Gasteiger partial charge in [-0.25, -0.2) is 0 Å². The third kappa shape index (κ3) is 3.80. The number of carbonyl (C=O) groups excluding carboxylic acids is 1. The van der Waals surface area contributed by atoms with E-state index in [1.165, 1.54) is 11.8 Å². The lowest BCUT2D eigenvalue weighted by Crippen LogP contribution is -2.14. The van der Waals surface area contributed by atoms with Crippen LogP contribution in [-0.4, -0.2) is 21.9 Å². The number of thioether (sulfide) groups is 1. The Morgan fingerprint density at radius 1 is 1.08 bits per heavy atom. The van der Waals surface area contributed by atoms with E-state index in [4.69, 9.17) is 23.2 Å². The molecule has 122 valence electrons. The van der Waals surface area contributed by atoms with Gasteiger partial charge in [-0.15, -0.1) is 5.10 Å². The number of hydrogen-bond donors (Lipinski definition) is 1. The number of nitrogens with zero attached hydrogens (tertiary/aromatic N) is 2. The molecule has 1 aromatic heterocycles. The molecule has 2 aromatic carbocycles. The second-order valence-corrected chi connectivity index (χ2v) is 6.88. The third-order valence-electron chi connectivity index (χ3n) is 3.38. The monoisotopic (exact) mass is 377 g/mol. The van der Waals surface area contributed by atoms with Crippen molar-refractivity contribution in [1.29, 1.82) is 0 Å². The first-order valence-electron chi connectivity index (χ1n) is 7.14. The molecule has 1 heterocycles. The molecule has 0 unspecified atom stereocenters. The van der Waals surface area contributed by atoms with Gasteiger partial charge in [0.15, 0.2) is 0 Å². The number of fused-ring (bicyclic) bond motifs is 1. The van der Waals surface area contributed by atoms with E-state index in [0.717, 1.165) is 21.5 Å². The van der Waals surface area contributed by atoms with Crippen molar-refractivity contribution in [3.05, 3.63) is 58.2 Å². The van der Waals surface area contributed by atoms with Crippen molar-refractivity contribution >= 4 is 57.3 Å². The SMILES string of the molecule is Cc1nnc(SCC(=O)Nc2ccc(Cl)c(Cl)c2)c2ccccc12. The minimum absolute atomic E-state index is 0.148. The fraction of sp³-hybridized carbons (Fsp3) is 0.118. The van der Waals surface area contributed by atoms with Crippen molar-refractivity contribution in [2.24, 2.45) is 0 Å². The number of carbonyl (C=O) groups is 1. The van der Waals surface area contributed by atoms with Crippen LogP contribution in [0.1, 0.15) is 5.69 Å². The molecule has 0 saturated carbocycles. The summed E-state index contributed by atoms with van der Waals surface area (Å²) in [6, 6.07) is 12.9. The van der Waals surface area contributed by atoms with Gasteiger partial charge in [0.1, 0.15) is 5.03 Å². The molecule has 0 aliphatic heterocycles. The molecule has 0 bridgehead atoms. The van der Waals surface area contributed by atoms with E-state index in [0.29, 0.717) is 15.7 Å². The maximum Gasteiger partial charge on any atom is 0.234 e. The molecule has 0 fully saturated rings. The number of anilines is 1. The van der Waals surface area contributed by atoms with Crippen LogP contribution in [0.25, 0.3) is 10.8 Å². The number of benzene rings is 2. The fourth-order valence-corrected chi connectivity index (χ4v) is 3.29. The maximum atomic E-state index is 12.1. The second kappa shape index (κ2) is 7.38. The molecule has 0 atom stereocenters. The van der Waals surface area contributed by atoms with Gasteiger partial charge in [-0.2, -0.15) is 5.10 Å². The van der Waals surface area contributed by atoms with Crippen LogP contribution in [0.4, 0.5) is 5.69 Å². The first kappa shape index (κ1) is 17.0. The summed E-state index contributed by atoms with van der Waals surface area (Å²) in [5.74, 6) is 0.0759. The van der Waals surface area contributed by atoms with Gasteiger partial charge in [-0.3, -0.25) is 4.79 Å². The van der Waals surface area contributed by atoms with Crippen LogP contribution in [0, 0.1) is 6.92 Å². The van der Waals surface area contributed by atoms with E-state index >= 15 is 0 Å². The van der Waals surface area contributed by atoms with Crippen molar-refractivity contribution in [3.8, 4) is 0 Å². The van der Waals surface area contributed by atoms with Crippen LogP contribution in [0.5, 0.6) is 0 Å². The zero-order chi connectivity index (χ0) is 17.1. The number of aryl methyl sites for hydroxylation is 1. The van der Waals surface area contributed by atoms with Crippen LogP contribution >= 0.6 is 35.0 Å². The molecule has 3 aromatic rings. The summed E-state index contributed by atoms with van der Waals surface area (Å²) in [6.07, 6.45) is 0. The molecule has 4 nitrogen and oxygen atoms in total. The molecule has 7 heteroatoms. The number of aromatic nitrogens is 2. The Labute approximate surface area is 153 Å². The third-order valence-corrected chi connectivity index (χ3v) is 5.10. The van der Waals surface area contributed by atoms with Gasteiger partial charge >= 0.3 is 0 Å². The van der Waals surface area contributed by atoms with E-state index in [1.807, 2.05) is 31.2 Å². The number of hydrogen-bond acceptors (Lipinski definition) is 4. The van der Waals surface area contributed by atoms with E-state index in [-0.39, 0.29) is 11.7 Å². The van der Waals surface area contributed by atoms with Crippen LogP contribution in [0.15, 0.2) is 47.5 Å². The van der Waals surface area contributed by atoms with Gasteiger partial charge in [0, 0.05) is 16.5 Å². The molecule has 0 saturated heterocycles. The minimum Gasteiger partial charge on any atom is -0.325 e. The Balaban J connectivity index is 1.70. The summed E-state index contributed by atoms with van der Waals surface area (Å²) >= 11 is 13.2. The highest BCUT2D eigenvalue weighted by molar-refractivity contribution is 8.00. The summed E-state index contributed by atoms with van der Waals surface area (Å²) in [5, 5.41) is 14.8. The topological polar surface area (TPSA) is 54.9 Å². The maximum absolute atomic E-state index is 12.1. The predicted molar refractivity (Wildman–Crippen MR) is 100 cm³/mol. The van der Waals surface area contributed by atoms with Gasteiger partial charge in [-0.05, 0) is 25.1 Å². The molecule has 3 rings (SSSR count). The molecule has 0 aliphatic carbocycles. The molecule has 1 N–H and O–H groups in total. The molecule has 0 spiro atoms. The van der Waals surface area contributed by atoms with Gasteiger partial charge in [0.2, 0.25) is 5.91 Å². The van der Waals surface area contributed by atoms with Crippen LogP contribution in [-0.2, 0) is 4.79 Å². The fourth-order valence-electron chi connectivity index (χ4n) is 2.22. The molecule has 24 heavy (non-hydrogen) atoms. The largest absolute Gasteiger partial charge is 0.325 e. The van der Waals surface area contributed by atoms with E-state index in [1.54, 1.807) is 18.2 Å². The number of rotatable bonds is 4. The average Bonchev–Trinajstić information content (AvgIpc) is 2.58. The lowest BCUT2D eigenvalue weighted by atomic mass is 10.1. The molecule has 0 aliphatic rings. The van der Waals surface area contributed by atoms with E-state index < -0.39 is 0 Å². The highest BCUT2D eigenvalue weighted by Crippen LogP contribution is 2.27. The van der Waals surface area contributed by atoms with Crippen molar-refractivity contribution < 1.29 is 4.79 Å². The average molecular weight is 378 g/mol. The predicted octanol–water partition coefficient (Wildman–Crippen LogP) is 4.98. The Morgan fingerprint density at radius 2 is 1.83 bits per heavy atom. The van der Waals surface area contributed by atoms with Crippen molar-refractivity contribution in [2.45, 2.75) is 11.9 Å². The summed E-state index contributed by atoms with van der Waals surface area (Å²) < 4.78 is 0. The molecule has 0 radical (unpaired) electrons. The van der Waals surface area contributed by atoms with E-state index in [9.17, 15) is 4.79 Å². The Hall–Kier alpha value is -1.82. The Kier molecular flexibility index (Phi) is 5.23. The zero-order valence-corrected chi connectivity index (χ0v) is 15.0. The normalized spacial score (nSPS) is 10.8. The van der Waals surface area contributed by atoms with Crippen molar-refractivity contribution in [3.63, 3.8) is 0 Å². The van der Waals surface area contributed by atoms with Gasteiger partial charge in [0.25, 0.3) is 0 Å². The van der Waals surface area contributed by atoms with Crippen LogP contribution in [0.2, 0.25) is 10.0 Å².